The van der Waals surface area contributed by atoms with Gasteiger partial charge in [-0.05, 0) is 58.4 Å². The Balaban J connectivity index is 4.65. The Bertz CT molecular complexity index is 806. The molecule has 240 valence electrons. The summed E-state index contributed by atoms with van der Waals surface area (Å²) in [4.78, 5) is 22.2. The molecule has 0 radical (unpaired) electrons. The van der Waals surface area contributed by atoms with Gasteiger partial charge in [0.15, 0.2) is 8.32 Å². The number of rotatable bonds is 24. The molecule has 0 aromatic rings. The molecule has 0 aliphatic rings. The number of hydrogen-bond acceptors (Lipinski definition) is 10. The minimum absolute atomic E-state index is 0.0992. The Morgan fingerprint density at radius 2 is 1.24 bits per heavy atom. The lowest BCUT2D eigenvalue weighted by Crippen LogP contribution is -2.60. The Labute approximate surface area is 250 Å². The standard InChI is InChI=1S/C28H56O10Si3/c1-11-26(31)35-22-24(29)20-33-16-14-18-39(5,6)28(4,13-3)37-41(9,10)38-40(7,8)19-15-17-34-21-25(30)23-36-27(32)12-2/h11-12,24-25,29-30H,1-2,13-23H2,3-10H3. The first-order valence-corrected chi connectivity index (χ1v) is 23.6. The van der Waals surface area contributed by atoms with Gasteiger partial charge < -0.3 is 37.7 Å². The van der Waals surface area contributed by atoms with Crippen LogP contribution in [-0.2, 0) is 37.1 Å². The van der Waals surface area contributed by atoms with Crippen molar-refractivity contribution in [2.75, 3.05) is 39.6 Å². The van der Waals surface area contributed by atoms with E-state index in [1.54, 1.807) is 0 Å². The van der Waals surface area contributed by atoms with Gasteiger partial charge in [-0.2, -0.15) is 0 Å². The van der Waals surface area contributed by atoms with Crippen LogP contribution in [0, 0.1) is 0 Å². The molecule has 3 atom stereocenters. The summed E-state index contributed by atoms with van der Waals surface area (Å²) in [7, 11) is -6.37. The Morgan fingerprint density at radius 1 is 0.805 bits per heavy atom. The largest absolute Gasteiger partial charge is 0.460 e. The maximum absolute atomic E-state index is 11.1. The van der Waals surface area contributed by atoms with Crippen molar-refractivity contribution in [1.29, 1.82) is 0 Å². The second-order valence-electron chi connectivity index (χ2n) is 12.2. The monoisotopic (exact) mass is 636 g/mol. The maximum atomic E-state index is 11.1. The molecule has 0 amide bonds. The second kappa shape index (κ2) is 19.2. The molecule has 0 aromatic heterocycles. The van der Waals surface area contributed by atoms with Crippen molar-refractivity contribution < 1.29 is 47.3 Å². The van der Waals surface area contributed by atoms with E-state index in [9.17, 15) is 19.8 Å². The Morgan fingerprint density at radius 3 is 1.66 bits per heavy atom. The zero-order valence-corrected chi connectivity index (χ0v) is 29.7. The van der Waals surface area contributed by atoms with Crippen molar-refractivity contribution >= 4 is 36.9 Å². The first-order chi connectivity index (χ1) is 18.9. The number of ether oxygens (including phenoxy) is 4. The summed E-state index contributed by atoms with van der Waals surface area (Å²) in [6.07, 6.45) is 2.93. The van der Waals surface area contributed by atoms with Crippen molar-refractivity contribution in [2.45, 2.75) is 102 Å². The quantitative estimate of drug-likeness (QED) is 0.0683. The van der Waals surface area contributed by atoms with Gasteiger partial charge in [0.25, 0.3) is 0 Å². The van der Waals surface area contributed by atoms with Gasteiger partial charge in [-0.25, -0.2) is 9.59 Å². The molecule has 0 heterocycles. The van der Waals surface area contributed by atoms with Gasteiger partial charge in [0, 0.05) is 30.6 Å². The summed E-state index contributed by atoms with van der Waals surface area (Å²) in [5.41, 5.74) is 0. The predicted octanol–water partition coefficient (Wildman–Crippen LogP) is 4.34. The topological polar surface area (TPSA) is 130 Å². The van der Waals surface area contributed by atoms with Crippen LogP contribution in [0.15, 0.2) is 25.3 Å². The molecule has 2 N–H and O–H groups in total. The predicted molar refractivity (Wildman–Crippen MR) is 168 cm³/mol. The highest BCUT2D eigenvalue weighted by Crippen LogP contribution is 2.36. The lowest BCUT2D eigenvalue weighted by molar-refractivity contribution is -0.142. The summed E-state index contributed by atoms with van der Waals surface area (Å²) < 4.78 is 34.5. The molecule has 13 heteroatoms. The number of aliphatic hydroxyl groups excluding tert-OH is 2. The van der Waals surface area contributed by atoms with E-state index in [0.717, 1.165) is 43.5 Å². The summed E-state index contributed by atoms with van der Waals surface area (Å²) in [5.74, 6) is -1.13. The molecule has 0 saturated heterocycles. The summed E-state index contributed by atoms with van der Waals surface area (Å²) in [5, 5.41) is 19.5. The first-order valence-electron chi connectivity index (χ1n) is 14.4. The van der Waals surface area contributed by atoms with Crippen molar-refractivity contribution in [3.63, 3.8) is 0 Å². The van der Waals surface area contributed by atoms with E-state index in [-0.39, 0.29) is 31.7 Å². The fourth-order valence-corrected chi connectivity index (χ4v) is 16.9. The first kappa shape index (κ1) is 39.8. The maximum Gasteiger partial charge on any atom is 0.330 e. The lowest BCUT2D eigenvalue weighted by atomic mass is 10.3. The number of carbonyl (C=O) groups is 2. The van der Waals surface area contributed by atoms with Crippen LogP contribution in [0.5, 0.6) is 0 Å². The van der Waals surface area contributed by atoms with Crippen LogP contribution >= 0.6 is 0 Å². The molecule has 41 heavy (non-hydrogen) atoms. The van der Waals surface area contributed by atoms with Gasteiger partial charge in [0.2, 0.25) is 0 Å². The number of esters is 2. The molecule has 0 fully saturated rings. The lowest BCUT2D eigenvalue weighted by Gasteiger charge is -2.48. The Hall–Kier alpha value is -1.17. The van der Waals surface area contributed by atoms with Gasteiger partial charge in [-0.3, -0.25) is 0 Å². The van der Waals surface area contributed by atoms with Crippen molar-refractivity contribution in [2.24, 2.45) is 0 Å². The van der Waals surface area contributed by atoms with E-state index in [1.807, 2.05) is 0 Å². The zero-order chi connectivity index (χ0) is 31.7. The number of hydrogen-bond donors (Lipinski definition) is 2. The van der Waals surface area contributed by atoms with Gasteiger partial charge in [-0.15, -0.1) is 0 Å². The molecule has 10 nitrogen and oxygen atoms in total. The van der Waals surface area contributed by atoms with Crippen LogP contribution in [0.3, 0.4) is 0 Å². The fourth-order valence-electron chi connectivity index (χ4n) is 4.46. The summed E-state index contributed by atoms with van der Waals surface area (Å²) in [6.45, 7) is 25.3. The molecule has 0 aromatic carbocycles. The summed E-state index contributed by atoms with van der Waals surface area (Å²) >= 11 is 0. The van der Waals surface area contributed by atoms with Crippen LogP contribution in [0.2, 0.25) is 51.4 Å². The molecule has 0 aliphatic carbocycles. The number of aliphatic hydroxyl groups is 2. The SMILES string of the molecule is C=CC(=O)OCC(O)COCCC[Si](C)(C)O[Si](C)(C)OC(C)(CC)[Si](C)(C)CCCOCC(O)COC(=O)C=C. The van der Waals surface area contributed by atoms with Crippen molar-refractivity contribution in [3.05, 3.63) is 25.3 Å². The highest BCUT2D eigenvalue weighted by Gasteiger charge is 2.47. The summed E-state index contributed by atoms with van der Waals surface area (Å²) in [6, 6.07) is 1.90. The van der Waals surface area contributed by atoms with Gasteiger partial charge in [-0.1, -0.05) is 39.2 Å². The van der Waals surface area contributed by atoms with Crippen LogP contribution in [0.25, 0.3) is 0 Å². The molecule has 3 unspecified atom stereocenters. The Kier molecular flexibility index (Phi) is 18.6. The highest BCUT2D eigenvalue weighted by atomic mass is 28.4. The van der Waals surface area contributed by atoms with Crippen LogP contribution in [-0.4, -0.2) is 104 Å². The average Bonchev–Trinajstić information content (AvgIpc) is 2.88. The van der Waals surface area contributed by atoms with Crippen LogP contribution in [0.4, 0.5) is 0 Å². The second-order valence-corrected chi connectivity index (χ2v) is 25.3. The van der Waals surface area contributed by atoms with Crippen molar-refractivity contribution in [1.82, 2.24) is 0 Å². The smallest absolute Gasteiger partial charge is 0.330 e. The molecule has 0 aliphatic heterocycles. The van der Waals surface area contributed by atoms with E-state index < -0.39 is 49.1 Å². The third-order valence-corrected chi connectivity index (χ3v) is 18.9. The zero-order valence-electron chi connectivity index (χ0n) is 26.7. The fraction of sp³-hybridized carbons (Fsp3) is 0.786. The van der Waals surface area contributed by atoms with E-state index in [1.165, 1.54) is 0 Å². The molecule has 0 bridgehead atoms. The number of carbonyl (C=O) groups excluding carboxylic acids is 2. The minimum Gasteiger partial charge on any atom is -0.460 e. The third kappa shape index (κ3) is 17.5. The van der Waals surface area contributed by atoms with E-state index >= 15 is 0 Å². The average molecular weight is 637 g/mol. The molecule has 0 saturated carbocycles. The van der Waals surface area contributed by atoms with Gasteiger partial charge >= 0.3 is 20.5 Å². The normalized spacial score (nSPS) is 15.5. The van der Waals surface area contributed by atoms with Crippen LogP contribution in [0.1, 0.15) is 33.1 Å². The van der Waals surface area contributed by atoms with Crippen molar-refractivity contribution in [3.8, 4) is 0 Å². The molecular formula is C28H56O10Si3. The minimum atomic E-state index is -2.46. The highest BCUT2D eigenvalue weighted by molar-refractivity contribution is 6.84. The molecular weight excluding hydrogens is 581 g/mol. The third-order valence-electron chi connectivity index (χ3n) is 7.05. The van der Waals surface area contributed by atoms with Gasteiger partial charge in [0.05, 0.1) is 21.3 Å². The van der Waals surface area contributed by atoms with E-state index in [2.05, 4.69) is 66.3 Å². The van der Waals surface area contributed by atoms with Gasteiger partial charge in [0.1, 0.15) is 25.4 Å². The van der Waals surface area contributed by atoms with E-state index in [4.69, 9.17) is 27.5 Å². The molecule has 0 spiro atoms. The molecule has 0 rings (SSSR count). The van der Waals surface area contributed by atoms with E-state index in [0.29, 0.717) is 13.2 Å². The van der Waals surface area contributed by atoms with Crippen LogP contribution < -0.4 is 0 Å².